The third kappa shape index (κ3) is 4.10. The Bertz CT molecular complexity index is 1310. The summed E-state index contributed by atoms with van der Waals surface area (Å²) in [7, 11) is 3.18. The van der Waals surface area contributed by atoms with Gasteiger partial charge >= 0.3 is 6.18 Å². The molecule has 0 spiro atoms. The topological polar surface area (TPSA) is 66.5 Å². The standard InChI is InChI=1S/C25H28F5N5O2/c1-13-17(14-5-6-15(26)18(27)20(14)36-4)21(37-24(13,2)25(28,29)30)22-32-16-7-8-31-23(19(16)33-22)35-11-9-34(3)10-12-35/h5-8,13,17,21H,9-12H2,1-4H3,(H,32,33)/t13-,17-,21+,24+/m1/s1. The normalized spacial score (nSPS) is 27.3. The third-order valence-corrected chi connectivity index (χ3v) is 7.78. The van der Waals surface area contributed by atoms with Crippen molar-refractivity contribution in [3.05, 3.63) is 47.4 Å². The number of hydrogen-bond donors (Lipinski definition) is 1. The molecule has 1 aromatic carbocycles. The smallest absolute Gasteiger partial charge is 0.417 e. The number of halogens is 5. The van der Waals surface area contributed by atoms with Gasteiger partial charge in [-0.1, -0.05) is 13.0 Å². The lowest BCUT2D eigenvalue weighted by Crippen LogP contribution is -2.46. The van der Waals surface area contributed by atoms with Gasteiger partial charge in [0.2, 0.25) is 5.82 Å². The van der Waals surface area contributed by atoms with Crippen molar-refractivity contribution in [2.75, 3.05) is 45.2 Å². The molecule has 4 atom stereocenters. The molecule has 2 aromatic heterocycles. The van der Waals surface area contributed by atoms with Gasteiger partial charge in [0.05, 0.1) is 12.6 Å². The van der Waals surface area contributed by atoms with Gasteiger partial charge in [-0.2, -0.15) is 17.6 Å². The number of methoxy groups -OCH3 is 1. The molecule has 4 heterocycles. The van der Waals surface area contributed by atoms with Crippen LogP contribution in [-0.4, -0.2) is 72.0 Å². The van der Waals surface area contributed by atoms with Gasteiger partial charge in [-0.15, -0.1) is 0 Å². The first-order valence-corrected chi connectivity index (χ1v) is 12.0. The number of rotatable bonds is 4. The van der Waals surface area contributed by atoms with Crippen LogP contribution in [-0.2, 0) is 4.74 Å². The molecule has 2 aliphatic rings. The molecule has 0 bridgehead atoms. The molecule has 37 heavy (non-hydrogen) atoms. The van der Waals surface area contributed by atoms with Crippen LogP contribution in [0, 0.1) is 17.6 Å². The van der Waals surface area contributed by atoms with Gasteiger partial charge in [0.1, 0.15) is 17.4 Å². The SMILES string of the molecule is COc1c([C@@H]2[C@@H](c3nc4c(N5CCN(C)CC5)nccc4[nH]3)O[C@](C)(C(F)(F)F)[C@@H]2C)ccc(F)c1F. The highest BCUT2D eigenvalue weighted by atomic mass is 19.4. The maximum absolute atomic E-state index is 14.6. The monoisotopic (exact) mass is 525 g/mol. The number of anilines is 1. The fraction of sp³-hybridized carbons (Fsp3) is 0.520. The van der Waals surface area contributed by atoms with Crippen LogP contribution in [0.25, 0.3) is 11.0 Å². The average molecular weight is 526 g/mol. The van der Waals surface area contributed by atoms with Gasteiger partial charge in [-0.25, -0.2) is 14.4 Å². The number of pyridine rings is 1. The number of piperazine rings is 1. The molecule has 2 fully saturated rings. The molecule has 2 aliphatic heterocycles. The molecular formula is C25H28F5N5O2. The molecule has 7 nitrogen and oxygen atoms in total. The summed E-state index contributed by atoms with van der Waals surface area (Å²) in [5.41, 5.74) is -1.40. The Morgan fingerprint density at radius 2 is 1.84 bits per heavy atom. The lowest BCUT2D eigenvalue weighted by Gasteiger charge is -2.33. The zero-order valence-electron chi connectivity index (χ0n) is 20.9. The number of fused-ring (bicyclic) bond motifs is 1. The molecule has 3 aromatic rings. The minimum atomic E-state index is -4.73. The fourth-order valence-corrected chi connectivity index (χ4v) is 5.37. The molecule has 1 N–H and O–H groups in total. The Labute approximate surface area is 210 Å². The lowest BCUT2D eigenvalue weighted by molar-refractivity contribution is -0.275. The van der Waals surface area contributed by atoms with Crippen LogP contribution in [0.1, 0.15) is 37.3 Å². The highest BCUT2D eigenvalue weighted by molar-refractivity contribution is 5.86. The molecule has 0 saturated carbocycles. The number of imidazole rings is 1. The quantitative estimate of drug-likeness (QED) is 0.494. The van der Waals surface area contributed by atoms with Crippen LogP contribution in [0.15, 0.2) is 24.4 Å². The highest BCUT2D eigenvalue weighted by Crippen LogP contribution is 2.59. The number of alkyl halides is 3. The molecule has 5 rings (SSSR count). The second-order valence-electron chi connectivity index (χ2n) is 9.88. The lowest BCUT2D eigenvalue weighted by atomic mass is 9.77. The van der Waals surface area contributed by atoms with Crippen LogP contribution in [0.3, 0.4) is 0 Å². The van der Waals surface area contributed by atoms with Crippen molar-refractivity contribution in [1.29, 1.82) is 0 Å². The summed E-state index contributed by atoms with van der Waals surface area (Å²) in [4.78, 5) is 16.6. The van der Waals surface area contributed by atoms with Gasteiger partial charge in [-0.05, 0) is 26.1 Å². The van der Waals surface area contributed by atoms with Crippen molar-refractivity contribution in [3.63, 3.8) is 0 Å². The Balaban J connectivity index is 1.64. The second kappa shape index (κ2) is 9.09. The second-order valence-corrected chi connectivity index (χ2v) is 9.88. The van der Waals surface area contributed by atoms with Crippen LogP contribution < -0.4 is 9.64 Å². The summed E-state index contributed by atoms with van der Waals surface area (Å²) >= 11 is 0. The third-order valence-electron chi connectivity index (χ3n) is 7.78. The minimum Gasteiger partial charge on any atom is -0.493 e. The van der Waals surface area contributed by atoms with E-state index in [1.807, 2.05) is 7.05 Å². The Morgan fingerprint density at radius 3 is 2.49 bits per heavy atom. The fourth-order valence-electron chi connectivity index (χ4n) is 5.37. The minimum absolute atomic E-state index is 0.0738. The van der Waals surface area contributed by atoms with Crippen molar-refractivity contribution in [1.82, 2.24) is 19.9 Å². The number of ether oxygens (including phenoxy) is 2. The molecule has 0 unspecified atom stereocenters. The summed E-state index contributed by atoms with van der Waals surface area (Å²) in [5, 5.41) is 0. The summed E-state index contributed by atoms with van der Waals surface area (Å²) < 4.78 is 82.4. The summed E-state index contributed by atoms with van der Waals surface area (Å²) in [6.07, 6.45) is -4.36. The number of aromatic amines is 1. The largest absolute Gasteiger partial charge is 0.493 e. The highest BCUT2D eigenvalue weighted by Gasteiger charge is 2.65. The molecule has 0 aliphatic carbocycles. The van der Waals surface area contributed by atoms with Gasteiger partial charge in [0.15, 0.2) is 23.0 Å². The number of H-pyrrole nitrogens is 1. The first-order chi connectivity index (χ1) is 17.5. The van der Waals surface area contributed by atoms with E-state index < -0.39 is 47.1 Å². The van der Waals surface area contributed by atoms with Crippen molar-refractivity contribution in [3.8, 4) is 5.75 Å². The van der Waals surface area contributed by atoms with Crippen molar-refractivity contribution < 1.29 is 31.4 Å². The number of nitrogens with one attached hydrogen (secondary N) is 1. The summed E-state index contributed by atoms with van der Waals surface area (Å²) in [6.45, 7) is 5.47. The van der Waals surface area contributed by atoms with E-state index in [1.54, 1.807) is 12.3 Å². The van der Waals surface area contributed by atoms with E-state index in [0.29, 0.717) is 16.9 Å². The van der Waals surface area contributed by atoms with E-state index >= 15 is 0 Å². The van der Waals surface area contributed by atoms with E-state index in [0.717, 1.165) is 46.3 Å². The van der Waals surface area contributed by atoms with E-state index in [9.17, 15) is 22.0 Å². The molecule has 0 amide bonds. The molecular weight excluding hydrogens is 497 g/mol. The maximum Gasteiger partial charge on any atom is 0.417 e. The van der Waals surface area contributed by atoms with E-state index in [1.165, 1.54) is 13.0 Å². The number of aromatic nitrogens is 3. The number of likely N-dealkylation sites (N-methyl/N-ethyl adjacent to an activating group) is 1. The average Bonchev–Trinajstić information content (AvgIpc) is 3.40. The molecule has 200 valence electrons. The van der Waals surface area contributed by atoms with Crippen LogP contribution >= 0.6 is 0 Å². The van der Waals surface area contributed by atoms with Crippen LogP contribution in [0.5, 0.6) is 5.75 Å². The van der Waals surface area contributed by atoms with Gasteiger partial charge in [0, 0.05) is 49.8 Å². The molecule has 2 saturated heterocycles. The molecule has 12 heteroatoms. The predicted molar refractivity (Wildman–Crippen MR) is 127 cm³/mol. The van der Waals surface area contributed by atoms with Crippen molar-refractivity contribution in [2.45, 2.75) is 37.6 Å². The maximum atomic E-state index is 14.6. The Hall–Kier alpha value is -2.99. The number of nitrogens with zero attached hydrogens (tertiary/aromatic N) is 4. The van der Waals surface area contributed by atoms with E-state index in [4.69, 9.17) is 9.47 Å². The Morgan fingerprint density at radius 1 is 1.14 bits per heavy atom. The zero-order valence-corrected chi connectivity index (χ0v) is 20.9. The first kappa shape index (κ1) is 25.7. The molecule has 0 radical (unpaired) electrons. The van der Waals surface area contributed by atoms with Gasteiger partial charge < -0.3 is 24.3 Å². The number of hydrogen-bond acceptors (Lipinski definition) is 6. The van der Waals surface area contributed by atoms with E-state index in [-0.39, 0.29) is 11.4 Å². The zero-order chi connectivity index (χ0) is 26.7. The van der Waals surface area contributed by atoms with Gasteiger partial charge in [0.25, 0.3) is 0 Å². The summed E-state index contributed by atoms with van der Waals surface area (Å²) in [5.74, 6) is -4.33. The summed E-state index contributed by atoms with van der Waals surface area (Å²) in [6, 6.07) is 3.82. The first-order valence-electron chi connectivity index (χ1n) is 12.0. The Kier molecular flexibility index (Phi) is 6.30. The van der Waals surface area contributed by atoms with Crippen LogP contribution in [0.2, 0.25) is 0 Å². The van der Waals surface area contributed by atoms with Gasteiger partial charge in [-0.3, -0.25) is 0 Å². The predicted octanol–water partition coefficient (Wildman–Crippen LogP) is 4.81. The van der Waals surface area contributed by atoms with Crippen molar-refractivity contribution >= 4 is 16.9 Å². The van der Waals surface area contributed by atoms with Crippen molar-refractivity contribution in [2.24, 2.45) is 5.92 Å². The van der Waals surface area contributed by atoms with Crippen LogP contribution in [0.4, 0.5) is 27.8 Å². The number of benzene rings is 1. The van der Waals surface area contributed by atoms with E-state index in [2.05, 4.69) is 24.8 Å².